The van der Waals surface area contributed by atoms with E-state index in [1.54, 1.807) is 13.8 Å². The lowest BCUT2D eigenvalue weighted by Gasteiger charge is -2.70. The highest BCUT2D eigenvalue weighted by molar-refractivity contribution is 5.57. The van der Waals surface area contributed by atoms with Gasteiger partial charge in [0.1, 0.15) is 0 Å². The normalized spacial score (nSPS) is 31.8. The van der Waals surface area contributed by atoms with Crippen molar-refractivity contribution in [2.75, 3.05) is 6.61 Å². The third-order valence-electron chi connectivity index (χ3n) is 9.10. The van der Waals surface area contributed by atoms with E-state index in [1.165, 1.54) is 4.52 Å². The smallest absolute Gasteiger partial charge is 0.373 e. The van der Waals surface area contributed by atoms with Crippen LogP contribution in [-0.2, 0) is 10.2 Å². The molecule has 190 valence electrons. The zero-order valence-electron chi connectivity index (χ0n) is 20.3. The van der Waals surface area contributed by atoms with E-state index in [2.05, 4.69) is 16.3 Å². The van der Waals surface area contributed by atoms with E-state index in [0.717, 1.165) is 36.1 Å². The van der Waals surface area contributed by atoms with Gasteiger partial charge in [-0.15, -0.1) is 0 Å². The van der Waals surface area contributed by atoms with Gasteiger partial charge in [0, 0.05) is 46.5 Å². The van der Waals surface area contributed by atoms with Gasteiger partial charge in [-0.1, -0.05) is 0 Å². The zero-order chi connectivity index (χ0) is 25.0. The highest BCUT2D eigenvalue weighted by Gasteiger charge is 2.79. The van der Waals surface area contributed by atoms with Gasteiger partial charge in [0.05, 0.1) is 29.5 Å². The molecule has 0 radical (unpaired) electrons. The van der Waals surface area contributed by atoms with E-state index in [-0.39, 0.29) is 36.8 Å². The van der Waals surface area contributed by atoms with E-state index in [4.69, 9.17) is 9.84 Å². The van der Waals surface area contributed by atoms with Crippen molar-refractivity contribution in [3.05, 3.63) is 56.9 Å². The maximum atomic E-state index is 13.6. The van der Waals surface area contributed by atoms with Crippen molar-refractivity contribution in [1.29, 1.82) is 0 Å². The number of nitrogens with zero attached hydrogens (tertiary/aromatic N) is 5. The minimum Gasteiger partial charge on any atom is -0.373 e. The standard InChI is InChI=1S/C26H28F3N5O2/c1-14-15(2)31-22-19(24-11-25(12-24,13-24)26(27,28)29)8-20(32-34(22)23(14)35)16-5-6-36-21(7-16)17-9-30-33(10-17)18-3-4-18/h8-10,16,18,21H,3-7,11-13H2,1-2H3/t16-,21+,24?,25?/m0/s1. The average molecular weight is 500 g/mol. The van der Waals surface area contributed by atoms with Gasteiger partial charge in [-0.2, -0.15) is 27.9 Å². The lowest BCUT2D eigenvalue weighted by atomic mass is 9.33. The molecule has 4 heterocycles. The van der Waals surface area contributed by atoms with Crippen molar-refractivity contribution in [3.8, 4) is 0 Å². The second-order valence-corrected chi connectivity index (χ2v) is 11.5. The molecule has 2 atom stereocenters. The van der Waals surface area contributed by atoms with Crippen LogP contribution in [0.2, 0.25) is 0 Å². The fourth-order valence-corrected chi connectivity index (χ4v) is 6.64. The lowest BCUT2D eigenvalue weighted by molar-refractivity contribution is -0.336. The zero-order valence-corrected chi connectivity index (χ0v) is 20.3. The first kappa shape index (κ1) is 22.4. The highest BCUT2D eigenvalue weighted by Crippen LogP contribution is 2.78. The second-order valence-electron chi connectivity index (χ2n) is 11.5. The topological polar surface area (TPSA) is 74.3 Å². The fourth-order valence-electron chi connectivity index (χ4n) is 6.64. The summed E-state index contributed by atoms with van der Waals surface area (Å²) in [6, 6.07) is 2.43. The molecule has 1 saturated heterocycles. The summed E-state index contributed by atoms with van der Waals surface area (Å²) < 4.78 is 50.3. The molecule has 4 saturated carbocycles. The van der Waals surface area contributed by atoms with E-state index >= 15 is 0 Å². The summed E-state index contributed by atoms with van der Waals surface area (Å²) in [6.45, 7) is 4.02. The molecule has 3 aromatic rings. The number of hydrogen-bond acceptors (Lipinski definition) is 5. The van der Waals surface area contributed by atoms with Crippen LogP contribution in [-0.4, -0.2) is 37.2 Å². The van der Waals surface area contributed by atoms with Crippen molar-refractivity contribution in [2.45, 2.75) is 88.4 Å². The van der Waals surface area contributed by atoms with Crippen molar-refractivity contribution in [1.82, 2.24) is 24.4 Å². The minimum atomic E-state index is -4.20. The minimum absolute atomic E-state index is 0.0219. The molecule has 0 amide bonds. The van der Waals surface area contributed by atoms with Crippen LogP contribution in [0.1, 0.15) is 91.1 Å². The first-order valence-corrected chi connectivity index (χ1v) is 12.7. The van der Waals surface area contributed by atoms with Crippen LogP contribution in [0.15, 0.2) is 23.3 Å². The molecule has 5 aliphatic rings. The van der Waals surface area contributed by atoms with E-state index in [0.29, 0.717) is 36.0 Å². The van der Waals surface area contributed by atoms with E-state index in [1.807, 2.05) is 16.9 Å². The Kier molecular flexibility index (Phi) is 4.47. The number of hydrogen-bond donors (Lipinski definition) is 0. The molecule has 10 heteroatoms. The Morgan fingerprint density at radius 1 is 1.14 bits per heavy atom. The Hall–Kier alpha value is -2.75. The van der Waals surface area contributed by atoms with Gasteiger partial charge in [0.25, 0.3) is 5.56 Å². The number of aromatic nitrogens is 5. The third-order valence-corrected chi connectivity index (χ3v) is 9.10. The van der Waals surface area contributed by atoms with Crippen LogP contribution in [0.25, 0.3) is 5.65 Å². The average Bonchev–Trinajstić information content (AvgIpc) is 3.51. The Morgan fingerprint density at radius 2 is 1.89 bits per heavy atom. The molecule has 0 aromatic carbocycles. The van der Waals surface area contributed by atoms with Crippen LogP contribution in [0, 0.1) is 19.3 Å². The SMILES string of the molecule is Cc1nc2c(C34CC(C(F)(F)F)(C3)C4)cc([C@H]3CCO[C@@H](c4cnn(C5CC5)c4)C3)nn2c(=O)c1C. The molecule has 0 unspecified atom stereocenters. The van der Waals surface area contributed by atoms with E-state index < -0.39 is 17.0 Å². The van der Waals surface area contributed by atoms with Crippen LogP contribution in [0.4, 0.5) is 13.2 Å². The summed E-state index contributed by atoms with van der Waals surface area (Å²) in [4.78, 5) is 17.9. The first-order valence-electron chi connectivity index (χ1n) is 12.7. The van der Waals surface area contributed by atoms with Crippen LogP contribution in [0.5, 0.6) is 0 Å². The third kappa shape index (κ3) is 3.09. The van der Waals surface area contributed by atoms with Crippen LogP contribution < -0.4 is 5.56 Å². The summed E-state index contributed by atoms with van der Waals surface area (Å²) in [6.07, 6.45) is 3.49. The predicted molar refractivity (Wildman–Crippen MR) is 124 cm³/mol. The molecule has 2 bridgehead atoms. The number of aryl methyl sites for hydroxylation is 1. The summed E-state index contributed by atoms with van der Waals surface area (Å²) in [5.74, 6) is 0.0219. The van der Waals surface area contributed by atoms with Crippen LogP contribution >= 0.6 is 0 Å². The summed E-state index contributed by atoms with van der Waals surface area (Å²) >= 11 is 0. The number of alkyl halides is 3. The molecule has 1 aliphatic heterocycles. The molecule has 36 heavy (non-hydrogen) atoms. The Balaban J connectivity index is 1.27. The maximum Gasteiger partial charge on any atom is 0.394 e. The van der Waals surface area contributed by atoms with Gasteiger partial charge in [-0.3, -0.25) is 9.48 Å². The Labute approximate surface area is 205 Å². The number of rotatable bonds is 4. The number of ether oxygens (including phenoxy) is 1. The maximum absolute atomic E-state index is 13.6. The van der Waals surface area contributed by atoms with Crippen molar-refractivity contribution in [3.63, 3.8) is 0 Å². The summed E-state index contributed by atoms with van der Waals surface area (Å²) in [5.41, 5.74) is 1.57. The van der Waals surface area contributed by atoms with Gasteiger partial charge < -0.3 is 4.74 Å². The highest BCUT2D eigenvalue weighted by atomic mass is 19.4. The van der Waals surface area contributed by atoms with Gasteiger partial charge >= 0.3 is 6.18 Å². The van der Waals surface area contributed by atoms with Crippen LogP contribution in [0.3, 0.4) is 0 Å². The predicted octanol–water partition coefficient (Wildman–Crippen LogP) is 4.86. The van der Waals surface area contributed by atoms with E-state index in [9.17, 15) is 18.0 Å². The monoisotopic (exact) mass is 499 g/mol. The molecule has 4 aliphatic carbocycles. The Morgan fingerprint density at radius 3 is 2.58 bits per heavy atom. The molecular weight excluding hydrogens is 471 g/mol. The van der Waals surface area contributed by atoms with Crippen molar-refractivity contribution < 1.29 is 17.9 Å². The van der Waals surface area contributed by atoms with Gasteiger partial charge in [-0.25, -0.2) is 4.98 Å². The van der Waals surface area contributed by atoms with Crippen molar-refractivity contribution in [2.24, 2.45) is 5.41 Å². The fraction of sp³-hybridized carbons (Fsp3) is 0.615. The largest absolute Gasteiger partial charge is 0.394 e. The second kappa shape index (κ2) is 7.18. The molecular formula is C26H28F3N5O2. The number of fused-ring (bicyclic) bond motifs is 1. The van der Waals surface area contributed by atoms with Crippen molar-refractivity contribution >= 4 is 5.65 Å². The number of halogens is 3. The molecule has 0 spiro atoms. The lowest BCUT2D eigenvalue weighted by Crippen LogP contribution is -2.70. The summed E-state index contributed by atoms with van der Waals surface area (Å²) in [7, 11) is 0. The Bertz CT molecular complexity index is 1430. The van der Waals surface area contributed by atoms with Gasteiger partial charge in [-0.05, 0) is 64.9 Å². The molecule has 5 fully saturated rings. The first-order chi connectivity index (χ1) is 17.1. The quantitative estimate of drug-likeness (QED) is 0.513. The van der Waals surface area contributed by atoms with Gasteiger partial charge in [0.2, 0.25) is 0 Å². The molecule has 0 N–H and O–H groups in total. The molecule has 7 nitrogen and oxygen atoms in total. The molecule has 3 aromatic heterocycles. The van der Waals surface area contributed by atoms with Gasteiger partial charge in [0.15, 0.2) is 5.65 Å². The molecule has 8 rings (SSSR count). The summed E-state index contributed by atoms with van der Waals surface area (Å²) in [5, 5.41) is 9.22.